The SMILES string of the molecule is COC(=O)c1cc(OC)c(OC2OC(CO)C(O)C(O)C2O)c(OC)c1. The van der Waals surface area contributed by atoms with Crippen LogP contribution in [0.15, 0.2) is 12.1 Å². The van der Waals surface area contributed by atoms with E-state index in [9.17, 15) is 25.2 Å². The molecule has 0 aliphatic carbocycles. The Bertz CT molecular complexity index is 606. The van der Waals surface area contributed by atoms with Crippen molar-refractivity contribution >= 4 is 5.97 Å². The van der Waals surface area contributed by atoms with E-state index >= 15 is 0 Å². The Hall–Kier alpha value is -2.11. The van der Waals surface area contributed by atoms with Gasteiger partial charge in [0, 0.05) is 0 Å². The van der Waals surface area contributed by atoms with Crippen LogP contribution in [-0.4, -0.2) is 85.0 Å². The van der Waals surface area contributed by atoms with E-state index in [0.717, 1.165) is 0 Å². The first-order chi connectivity index (χ1) is 12.4. The van der Waals surface area contributed by atoms with Crippen LogP contribution in [0.25, 0.3) is 0 Å². The summed E-state index contributed by atoms with van der Waals surface area (Å²) in [5, 5.41) is 39.0. The number of methoxy groups -OCH3 is 3. The molecule has 10 heteroatoms. The van der Waals surface area contributed by atoms with E-state index in [2.05, 4.69) is 4.74 Å². The van der Waals surface area contributed by atoms with Crippen molar-refractivity contribution in [2.75, 3.05) is 27.9 Å². The van der Waals surface area contributed by atoms with Crippen LogP contribution in [0.4, 0.5) is 0 Å². The predicted molar refractivity (Wildman–Crippen MR) is 85.3 cm³/mol. The average Bonchev–Trinajstić information content (AvgIpc) is 2.67. The zero-order valence-corrected chi connectivity index (χ0v) is 14.5. The second-order valence-electron chi connectivity index (χ2n) is 5.52. The Balaban J connectivity index is 2.37. The largest absolute Gasteiger partial charge is 0.493 e. The van der Waals surface area contributed by atoms with Gasteiger partial charge in [-0.15, -0.1) is 0 Å². The van der Waals surface area contributed by atoms with Gasteiger partial charge in [0.1, 0.15) is 24.4 Å². The maximum absolute atomic E-state index is 11.7. The maximum atomic E-state index is 11.7. The zero-order valence-electron chi connectivity index (χ0n) is 14.5. The highest BCUT2D eigenvalue weighted by Crippen LogP contribution is 2.40. The summed E-state index contributed by atoms with van der Waals surface area (Å²) in [6.45, 7) is -0.597. The molecule has 5 atom stereocenters. The molecular formula is C16H22O10. The third kappa shape index (κ3) is 3.84. The fourth-order valence-corrected chi connectivity index (χ4v) is 2.51. The number of hydrogen-bond acceptors (Lipinski definition) is 10. The fraction of sp³-hybridized carbons (Fsp3) is 0.562. The summed E-state index contributed by atoms with van der Waals surface area (Å²) in [5.74, 6) is -0.462. The molecule has 0 radical (unpaired) electrons. The molecule has 5 unspecified atom stereocenters. The number of hydrogen-bond donors (Lipinski definition) is 4. The van der Waals surface area contributed by atoms with Crippen LogP contribution < -0.4 is 14.2 Å². The monoisotopic (exact) mass is 374 g/mol. The minimum absolute atomic E-state index is 0.00742. The molecule has 0 spiro atoms. The van der Waals surface area contributed by atoms with Gasteiger partial charge in [0.2, 0.25) is 12.0 Å². The molecule has 0 amide bonds. The Labute approximate surface area is 149 Å². The molecule has 1 aromatic carbocycles. The van der Waals surface area contributed by atoms with E-state index in [4.69, 9.17) is 18.9 Å². The van der Waals surface area contributed by atoms with Gasteiger partial charge < -0.3 is 44.1 Å². The second kappa shape index (κ2) is 8.52. The molecule has 0 aromatic heterocycles. The van der Waals surface area contributed by atoms with Gasteiger partial charge in [-0.2, -0.15) is 0 Å². The van der Waals surface area contributed by atoms with Crippen molar-refractivity contribution in [2.45, 2.75) is 30.7 Å². The molecule has 10 nitrogen and oxygen atoms in total. The zero-order chi connectivity index (χ0) is 19.4. The molecule has 1 heterocycles. The second-order valence-corrected chi connectivity index (χ2v) is 5.52. The van der Waals surface area contributed by atoms with E-state index in [1.165, 1.54) is 33.5 Å². The number of carbonyl (C=O) groups is 1. The first-order valence-corrected chi connectivity index (χ1v) is 7.69. The minimum atomic E-state index is -1.61. The molecule has 0 bridgehead atoms. The van der Waals surface area contributed by atoms with Crippen molar-refractivity contribution in [3.05, 3.63) is 17.7 Å². The van der Waals surface area contributed by atoms with Crippen molar-refractivity contribution in [2.24, 2.45) is 0 Å². The van der Waals surface area contributed by atoms with E-state index in [0.29, 0.717) is 0 Å². The lowest BCUT2D eigenvalue weighted by Gasteiger charge is -2.39. The van der Waals surface area contributed by atoms with Gasteiger partial charge in [-0.1, -0.05) is 0 Å². The van der Waals surface area contributed by atoms with Gasteiger partial charge in [-0.3, -0.25) is 0 Å². The van der Waals surface area contributed by atoms with Gasteiger partial charge in [0.25, 0.3) is 0 Å². The fourth-order valence-electron chi connectivity index (χ4n) is 2.51. The Morgan fingerprint density at radius 1 is 1.04 bits per heavy atom. The summed E-state index contributed by atoms with van der Waals surface area (Å²) in [4.78, 5) is 11.7. The lowest BCUT2D eigenvalue weighted by atomic mass is 9.99. The lowest BCUT2D eigenvalue weighted by molar-refractivity contribution is -0.277. The molecule has 2 rings (SSSR count). The lowest BCUT2D eigenvalue weighted by Crippen LogP contribution is -2.60. The predicted octanol–water partition coefficient (Wildman–Crippen LogP) is -1.33. The summed E-state index contributed by atoms with van der Waals surface area (Å²) in [5.41, 5.74) is 0.141. The number of ether oxygens (including phenoxy) is 5. The number of rotatable bonds is 6. The van der Waals surface area contributed by atoms with Crippen molar-refractivity contribution < 1.29 is 48.9 Å². The van der Waals surface area contributed by atoms with Crippen molar-refractivity contribution in [1.29, 1.82) is 0 Å². The number of benzene rings is 1. The summed E-state index contributed by atoms with van der Waals surface area (Å²) in [7, 11) is 3.88. The third-order valence-corrected chi connectivity index (χ3v) is 3.96. The van der Waals surface area contributed by atoms with E-state index in [1.54, 1.807) is 0 Å². The highest BCUT2D eigenvalue weighted by molar-refractivity contribution is 5.91. The van der Waals surface area contributed by atoms with Gasteiger partial charge in [-0.05, 0) is 12.1 Å². The van der Waals surface area contributed by atoms with E-state index in [1.807, 2.05) is 0 Å². The molecule has 4 N–H and O–H groups in total. The van der Waals surface area contributed by atoms with Crippen LogP contribution in [0, 0.1) is 0 Å². The first kappa shape index (κ1) is 20.2. The van der Waals surface area contributed by atoms with Crippen LogP contribution in [0.2, 0.25) is 0 Å². The Morgan fingerprint density at radius 2 is 1.62 bits per heavy atom. The summed E-state index contributed by atoms with van der Waals surface area (Å²) in [6, 6.07) is 2.68. The molecule has 0 saturated carbocycles. The highest BCUT2D eigenvalue weighted by Gasteiger charge is 2.45. The molecule has 26 heavy (non-hydrogen) atoms. The van der Waals surface area contributed by atoms with Crippen molar-refractivity contribution in [3.8, 4) is 17.2 Å². The van der Waals surface area contributed by atoms with Crippen LogP contribution in [0.1, 0.15) is 10.4 Å². The topological polar surface area (TPSA) is 144 Å². The molecule has 1 saturated heterocycles. The Kier molecular flexibility index (Phi) is 6.62. The van der Waals surface area contributed by atoms with Gasteiger partial charge in [-0.25, -0.2) is 4.79 Å². The minimum Gasteiger partial charge on any atom is -0.493 e. The third-order valence-electron chi connectivity index (χ3n) is 3.96. The molecule has 1 aliphatic rings. The molecular weight excluding hydrogens is 352 g/mol. The molecule has 146 valence electrons. The molecule has 1 fully saturated rings. The van der Waals surface area contributed by atoms with Crippen LogP contribution in [-0.2, 0) is 9.47 Å². The average molecular weight is 374 g/mol. The summed E-state index contributed by atoms with van der Waals surface area (Å²) in [6.07, 6.45) is -7.29. The van der Waals surface area contributed by atoms with Gasteiger partial charge in [0.05, 0.1) is 33.5 Å². The Morgan fingerprint density at radius 3 is 2.08 bits per heavy atom. The van der Waals surface area contributed by atoms with Gasteiger partial charge >= 0.3 is 5.97 Å². The normalized spacial score (nSPS) is 28.3. The van der Waals surface area contributed by atoms with Gasteiger partial charge in [0.15, 0.2) is 11.5 Å². The van der Waals surface area contributed by atoms with Crippen molar-refractivity contribution in [1.82, 2.24) is 0 Å². The number of aliphatic hydroxyl groups is 4. The van der Waals surface area contributed by atoms with E-state index in [-0.39, 0.29) is 22.8 Å². The van der Waals surface area contributed by atoms with Crippen molar-refractivity contribution in [3.63, 3.8) is 0 Å². The molecule has 1 aromatic rings. The summed E-state index contributed by atoms with van der Waals surface area (Å²) >= 11 is 0. The first-order valence-electron chi connectivity index (χ1n) is 7.69. The smallest absolute Gasteiger partial charge is 0.338 e. The quantitative estimate of drug-likeness (QED) is 0.442. The number of carbonyl (C=O) groups excluding carboxylic acids is 1. The summed E-state index contributed by atoms with van der Waals surface area (Å²) < 4.78 is 25.9. The maximum Gasteiger partial charge on any atom is 0.338 e. The van der Waals surface area contributed by atoms with Crippen LogP contribution in [0.3, 0.4) is 0 Å². The number of esters is 1. The van der Waals surface area contributed by atoms with E-state index < -0.39 is 43.3 Å². The standard InChI is InChI=1S/C16H22O10/c1-22-8-4-7(15(21)24-3)5-9(23-2)14(8)26-16-13(20)12(19)11(18)10(6-17)25-16/h4-5,10-13,16-20H,6H2,1-3H3. The highest BCUT2D eigenvalue weighted by atomic mass is 16.7. The van der Waals surface area contributed by atoms with Crippen LogP contribution >= 0.6 is 0 Å². The number of aliphatic hydroxyl groups excluding tert-OH is 4. The van der Waals surface area contributed by atoms with Crippen LogP contribution in [0.5, 0.6) is 17.2 Å². The molecule has 1 aliphatic heterocycles.